The summed E-state index contributed by atoms with van der Waals surface area (Å²) in [5.74, 6) is 2.27. The van der Waals surface area contributed by atoms with Gasteiger partial charge in [-0.05, 0) is 53.6 Å². The first kappa shape index (κ1) is 31.7. The van der Waals surface area contributed by atoms with Crippen LogP contribution in [0, 0.1) is 0 Å². The predicted octanol–water partition coefficient (Wildman–Crippen LogP) is 11.5. The Morgan fingerprint density at radius 1 is 0.304 bits per heavy atom. The molecule has 0 amide bonds. The van der Waals surface area contributed by atoms with Crippen LogP contribution in [-0.2, 0) is 0 Å². The van der Waals surface area contributed by atoms with Crippen molar-refractivity contribution < 1.29 is 0 Å². The van der Waals surface area contributed by atoms with Gasteiger partial charge in [0.1, 0.15) is 0 Å². The van der Waals surface area contributed by atoms with Crippen molar-refractivity contribution in [2.24, 2.45) is 0 Å². The molecule has 7 aromatic carbocycles. The molecule has 0 N–H and O–H groups in total. The van der Waals surface area contributed by atoms with E-state index in [1.54, 1.807) is 0 Å². The Morgan fingerprint density at radius 2 is 0.768 bits per heavy atom. The first-order valence-corrected chi connectivity index (χ1v) is 18.6. The van der Waals surface area contributed by atoms with Crippen molar-refractivity contribution in [3.63, 3.8) is 0 Å². The fraction of sp³-hybridized carbons (Fsp3) is 0. The highest BCUT2D eigenvalue weighted by Crippen LogP contribution is 2.38. The van der Waals surface area contributed by atoms with Crippen molar-refractivity contribution in [1.82, 2.24) is 34.1 Å². The van der Waals surface area contributed by atoms with Gasteiger partial charge in [-0.15, -0.1) is 0 Å². The summed E-state index contributed by atoms with van der Waals surface area (Å²) in [4.78, 5) is 24.5. The standard InChI is InChI=1S/C49H31N7/c1-4-14-32(15-5-1)46-52-47(33-16-6-2-7-17-33)54-48(53-46)36-30-50-49(51-31-36)56-43-23-13-10-20-38(43)40-26-24-35(29-45(40)56)34-25-27-44-41(28-34)39-21-11-12-22-42(39)55(44)37-18-8-3-9-19-37/h1-31H. The second-order valence-electron chi connectivity index (χ2n) is 13.8. The molecule has 0 aliphatic rings. The second kappa shape index (κ2) is 13.0. The molecule has 4 aromatic heterocycles. The summed E-state index contributed by atoms with van der Waals surface area (Å²) < 4.78 is 4.49. The van der Waals surface area contributed by atoms with E-state index >= 15 is 0 Å². The third-order valence-electron chi connectivity index (χ3n) is 10.5. The molecule has 262 valence electrons. The summed E-state index contributed by atoms with van der Waals surface area (Å²) in [6, 6.07) is 61.0. The van der Waals surface area contributed by atoms with E-state index < -0.39 is 0 Å². The van der Waals surface area contributed by atoms with Crippen LogP contribution in [0.1, 0.15) is 0 Å². The second-order valence-corrected chi connectivity index (χ2v) is 13.8. The van der Waals surface area contributed by atoms with Gasteiger partial charge in [0.2, 0.25) is 5.95 Å². The smallest absolute Gasteiger partial charge is 0.234 e. The van der Waals surface area contributed by atoms with Crippen molar-refractivity contribution in [2.45, 2.75) is 0 Å². The molecular formula is C49H31N7. The molecule has 7 heteroatoms. The first-order valence-electron chi connectivity index (χ1n) is 18.6. The third kappa shape index (κ3) is 5.25. The number of hydrogen-bond donors (Lipinski definition) is 0. The molecule has 56 heavy (non-hydrogen) atoms. The molecule has 0 saturated carbocycles. The molecule has 0 saturated heterocycles. The monoisotopic (exact) mass is 717 g/mol. The van der Waals surface area contributed by atoms with Gasteiger partial charge in [-0.2, -0.15) is 0 Å². The number of nitrogens with zero attached hydrogens (tertiary/aromatic N) is 7. The molecule has 0 radical (unpaired) electrons. The lowest BCUT2D eigenvalue weighted by Gasteiger charge is -2.10. The molecular weight excluding hydrogens is 687 g/mol. The highest BCUT2D eigenvalue weighted by Gasteiger charge is 2.18. The quantitative estimate of drug-likeness (QED) is 0.171. The number of hydrogen-bond acceptors (Lipinski definition) is 5. The summed E-state index contributed by atoms with van der Waals surface area (Å²) in [7, 11) is 0. The highest BCUT2D eigenvalue weighted by atomic mass is 15.2. The Hall–Kier alpha value is -7.77. The molecule has 0 aliphatic carbocycles. The number of aromatic nitrogens is 7. The third-order valence-corrected chi connectivity index (χ3v) is 10.5. The van der Waals surface area contributed by atoms with E-state index in [0.29, 0.717) is 29.0 Å². The van der Waals surface area contributed by atoms with Gasteiger partial charge < -0.3 is 4.57 Å². The van der Waals surface area contributed by atoms with Gasteiger partial charge in [0, 0.05) is 50.8 Å². The maximum Gasteiger partial charge on any atom is 0.234 e. The Morgan fingerprint density at radius 3 is 1.41 bits per heavy atom. The largest absolute Gasteiger partial charge is 0.309 e. The number of para-hydroxylation sites is 3. The van der Waals surface area contributed by atoms with Crippen LogP contribution >= 0.6 is 0 Å². The zero-order valence-electron chi connectivity index (χ0n) is 30.0. The first-order chi connectivity index (χ1) is 27.8. The molecule has 0 aliphatic heterocycles. The van der Waals surface area contributed by atoms with E-state index in [4.69, 9.17) is 24.9 Å². The Balaban J connectivity index is 1.03. The van der Waals surface area contributed by atoms with Gasteiger partial charge in [0.05, 0.1) is 27.6 Å². The van der Waals surface area contributed by atoms with Crippen molar-refractivity contribution >= 4 is 43.6 Å². The lowest BCUT2D eigenvalue weighted by Crippen LogP contribution is -2.03. The lowest BCUT2D eigenvalue weighted by molar-refractivity contribution is 0.982. The molecule has 0 bridgehead atoms. The number of rotatable bonds is 6. The topological polar surface area (TPSA) is 74.3 Å². The molecule has 11 aromatic rings. The van der Waals surface area contributed by atoms with E-state index in [0.717, 1.165) is 49.7 Å². The van der Waals surface area contributed by atoms with E-state index in [1.807, 2.05) is 73.1 Å². The summed E-state index contributed by atoms with van der Waals surface area (Å²) in [5.41, 5.74) is 10.3. The van der Waals surface area contributed by atoms with E-state index in [1.165, 1.54) is 21.8 Å². The summed E-state index contributed by atoms with van der Waals surface area (Å²) in [5, 5.41) is 4.71. The van der Waals surface area contributed by atoms with Crippen LogP contribution in [0.4, 0.5) is 0 Å². The fourth-order valence-electron chi connectivity index (χ4n) is 7.86. The van der Waals surface area contributed by atoms with Crippen molar-refractivity contribution in [2.75, 3.05) is 0 Å². The molecule has 0 unspecified atom stereocenters. The zero-order valence-corrected chi connectivity index (χ0v) is 30.0. The van der Waals surface area contributed by atoms with Crippen molar-refractivity contribution in [3.05, 3.63) is 188 Å². The summed E-state index contributed by atoms with van der Waals surface area (Å²) in [6.45, 7) is 0. The zero-order chi connectivity index (χ0) is 37.0. The van der Waals surface area contributed by atoms with Crippen LogP contribution in [0.2, 0.25) is 0 Å². The fourth-order valence-corrected chi connectivity index (χ4v) is 7.86. The van der Waals surface area contributed by atoms with E-state index in [9.17, 15) is 0 Å². The maximum absolute atomic E-state index is 4.96. The molecule has 0 fully saturated rings. The van der Waals surface area contributed by atoms with Crippen LogP contribution in [0.5, 0.6) is 0 Å². The molecule has 11 rings (SSSR count). The lowest BCUT2D eigenvalue weighted by atomic mass is 10.0. The Labute approximate surface area is 321 Å². The minimum atomic E-state index is 0.512. The molecule has 0 spiro atoms. The average Bonchev–Trinajstić information content (AvgIpc) is 3.79. The Bertz CT molecular complexity index is 3170. The maximum atomic E-state index is 4.96. The number of fused-ring (bicyclic) bond motifs is 6. The summed E-state index contributed by atoms with van der Waals surface area (Å²) in [6.07, 6.45) is 3.62. The van der Waals surface area contributed by atoms with Crippen LogP contribution in [-0.4, -0.2) is 34.1 Å². The predicted molar refractivity (Wildman–Crippen MR) is 226 cm³/mol. The van der Waals surface area contributed by atoms with E-state index in [-0.39, 0.29) is 0 Å². The van der Waals surface area contributed by atoms with Gasteiger partial charge in [-0.3, -0.25) is 4.57 Å². The Kier molecular flexibility index (Phi) is 7.35. The number of benzene rings is 7. The molecule has 7 nitrogen and oxygen atoms in total. The minimum absolute atomic E-state index is 0.512. The highest BCUT2D eigenvalue weighted by molar-refractivity contribution is 6.12. The normalized spacial score (nSPS) is 11.6. The van der Waals surface area contributed by atoms with Gasteiger partial charge >= 0.3 is 0 Å². The van der Waals surface area contributed by atoms with Crippen LogP contribution < -0.4 is 0 Å². The van der Waals surface area contributed by atoms with Gasteiger partial charge in [0.15, 0.2) is 17.5 Å². The van der Waals surface area contributed by atoms with Gasteiger partial charge in [-0.25, -0.2) is 24.9 Å². The van der Waals surface area contributed by atoms with Gasteiger partial charge in [-0.1, -0.05) is 133 Å². The van der Waals surface area contributed by atoms with Gasteiger partial charge in [0.25, 0.3) is 0 Å². The van der Waals surface area contributed by atoms with Crippen LogP contribution in [0.25, 0.3) is 101 Å². The minimum Gasteiger partial charge on any atom is -0.309 e. The molecule has 0 atom stereocenters. The van der Waals surface area contributed by atoms with Crippen LogP contribution in [0.15, 0.2) is 188 Å². The SMILES string of the molecule is c1ccc(-c2nc(-c3ccccc3)nc(-c3cnc(-n4c5ccccc5c5ccc(-c6ccc7c(c6)c6ccccc6n7-c6ccccc6)cc54)nc3)n2)cc1. The van der Waals surface area contributed by atoms with E-state index in [2.05, 4.69) is 124 Å². The van der Waals surface area contributed by atoms with Crippen LogP contribution in [0.3, 0.4) is 0 Å². The molecule has 4 heterocycles. The van der Waals surface area contributed by atoms with Crippen molar-refractivity contribution in [3.8, 4) is 56.9 Å². The van der Waals surface area contributed by atoms with Crippen molar-refractivity contribution in [1.29, 1.82) is 0 Å². The average molecular weight is 718 g/mol. The summed E-state index contributed by atoms with van der Waals surface area (Å²) >= 11 is 0.